The van der Waals surface area contributed by atoms with Crippen molar-refractivity contribution in [2.75, 3.05) is 0 Å². The molecule has 0 saturated heterocycles. The van der Waals surface area contributed by atoms with Gasteiger partial charge in [-0.05, 0) is 17.7 Å². The molecule has 0 radical (unpaired) electrons. The molecule has 0 aliphatic carbocycles. The third-order valence-corrected chi connectivity index (χ3v) is 2.79. The van der Waals surface area contributed by atoms with Gasteiger partial charge in [0.2, 0.25) is 0 Å². The molecule has 0 aliphatic heterocycles. The highest BCUT2D eigenvalue weighted by Gasteiger charge is 2.18. The minimum Gasteiger partial charge on any atom is -0.389 e. The van der Waals surface area contributed by atoms with E-state index in [2.05, 4.69) is 4.98 Å². The van der Waals surface area contributed by atoms with Crippen LogP contribution < -0.4 is 5.43 Å². The molecule has 5 heteroatoms. The first kappa shape index (κ1) is 12.3. The number of fused-ring (bicyclic) bond motifs is 1. The first-order valence-electron chi connectivity index (χ1n) is 5.48. The predicted octanol–water partition coefficient (Wildman–Crippen LogP) is 0.836. The van der Waals surface area contributed by atoms with Crippen LogP contribution in [0.3, 0.4) is 0 Å². The van der Waals surface area contributed by atoms with Crippen LogP contribution in [0.15, 0.2) is 35.3 Å². The molecular formula is C13H12N2O3. The Bertz CT molecular complexity index is 657. The van der Waals surface area contributed by atoms with Gasteiger partial charge >= 0.3 is 0 Å². The summed E-state index contributed by atoms with van der Waals surface area (Å²) in [5.41, 5.74) is 0.942. The molecule has 2 aromatic rings. The Labute approximate surface area is 103 Å². The summed E-state index contributed by atoms with van der Waals surface area (Å²) in [7, 11) is 0. The lowest BCUT2D eigenvalue weighted by Crippen LogP contribution is -2.17. The number of hydrogen-bond acceptors (Lipinski definition) is 4. The fraction of sp³-hybridized carbons (Fsp3) is 0.231. The second-order valence-corrected chi connectivity index (χ2v) is 4.02. The van der Waals surface area contributed by atoms with E-state index in [0.29, 0.717) is 16.5 Å². The van der Waals surface area contributed by atoms with E-state index >= 15 is 0 Å². The van der Waals surface area contributed by atoms with Crippen LogP contribution in [0.5, 0.6) is 0 Å². The fourth-order valence-corrected chi connectivity index (χ4v) is 1.80. The molecule has 92 valence electrons. The third kappa shape index (κ3) is 2.25. The SMILES string of the molecule is N#CCC(O)C(O)c1ccc2c(=O)cc[nH]c2c1. The molecule has 0 spiro atoms. The van der Waals surface area contributed by atoms with Crippen molar-refractivity contribution < 1.29 is 10.2 Å². The molecule has 0 amide bonds. The summed E-state index contributed by atoms with van der Waals surface area (Å²) in [6.07, 6.45) is -0.905. The van der Waals surface area contributed by atoms with Crippen molar-refractivity contribution in [2.24, 2.45) is 0 Å². The lowest BCUT2D eigenvalue weighted by Gasteiger charge is -2.15. The van der Waals surface area contributed by atoms with E-state index in [-0.39, 0.29) is 11.8 Å². The van der Waals surface area contributed by atoms with Gasteiger partial charge in [0.1, 0.15) is 6.10 Å². The lowest BCUT2D eigenvalue weighted by atomic mass is 10.0. The van der Waals surface area contributed by atoms with Crippen LogP contribution in [-0.4, -0.2) is 21.3 Å². The number of aliphatic hydroxyl groups is 2. The molecule has 2 rings (SSSR count). The Morgan fingerprint density at radius 2 is 2.11 bits per heavy atom. The molecule has 18 heavy (non-hydrogen) atoms. The summed E-state index contributed by atoms with van der Waals surface area (Å²) in [6.45, 7) is 0. The highest BCUT2D eigenvalue weighted by molar-refractivity contribution is 5.78. The maximum absolute atomic E-state index is 11.5. The number of nitriles is 1. The van der Waals surface area contributed by atoms with Gasteiger partial charge in [0.15, 0.2) is 5.43 Å². The van der Waals surface area contributed by atoms with Crippen molar-refractivity contribution in [2.45, 2.75) is 18.6 Å². The van der Waals surface area contributed by atoms with Gasteiger partial charge in [0.25, 0.3) is 0 Å². The van der Waals surface area contributed by atoms with Gasteiger partial charge in [-0.1, -0.05) is 6.07 Å². The smallest absolute Gasteiger partial charge is 0.189 e. The summed E-state index contributed by atoms with van der Waals surface area (Å²) in [4.78, 5) is 14.4. The van der Waals surface area contributed by atoms with Gasteiger partial charge in [-0.15, -0.1) is 0 Å². The van der Waals surface area contributed by atoms with Gasteiger partial charge < -0.3 is 15.2 Å². The zero-order valence-corrected chi connectivity index (χ0v) is 9.50. The zero-order chi connectivity index (χ0) is 13.1. The van der Waals surface area contributed by atoms with Crippen molar-refractivity contribution >= 4 is 10.9 Å². The average molecular weight is 244 g/mol. The summed E-state index contributed by atoms with van der Waals surface area (Å²) in [5, 5.41) is 28.4. The largest absolute Gasteiger partial charge is 0.389 e. The van der Waals surface area contributed by atoms with Gasteiger partial charge in [-0.3, -0.25) is 4.79 Å². The standard InChI is InChI=1S/C13H12N2O3/c14-5-3-12(17)13(18)8-1-2-9-10(7-8)15-6-4-11(9)16/h1-2,4,6-7,12-13,17-18H,3H2,(H,15,16). The van der Waals surface area contributed by atoms with Gasteiger partial charge in [-0.2, -0.15) is 5.26 Å². The molecule has 2 unspecified atom stereocenters. The minimum absolute atomic E-state index is 0.109. The summed E-state index contributed by atoms with van der Waals surface area (Å²) in [5.74, 6) is 0. The van der Waals surface area contributed by atoms with Gasteiger partial charge in [0.05, 0.1) is 18.6 Å². The predicted molar refractivity (Wildman–Crippen MR) is 65.8 cm³/mol. The average Bonchev–Trinajstić information content (AvgIpc) is 2.38. The Morgan fingerprint density at radius 3 is 2.83 bits per heavy atom. The number of rotatable bonds is 3. The van der Waals surface area contributed by atoms with Crippen molar-refractivity contribution in [3.8, 4) is 6.07 Å². The van der Waals surface area contributed by atoms with Crippen LogP contribution in [0.1, 0.15) is 18.1 Å². The van der Waals surface area contributed by atoms with Crippen molar-refractivity contribution in [1.29, 1.82) is 5.26 Å². The summed E-state index contributed by atoms with van der Waals surface area (Å²) < 4.78 is 0. The third-order valence-electron chi connectivity index (χ3n) is 2.79. The van der Waals surface area contributed by atoms with E-state index in [0.717, 1.165) is 0 Å². The maximum Gasteiger partial charge on any atom is 0.189 e. The first-order chi connectivity index (χ1) is 8.63. The van der Waals surface area contributed by atoms with Gasteiger partial charge in [0, 0.05) is 23.2 Å². The molecule has 2 atom stereocenters. The Kier molecular flexibility index (Phi) is 3.42. The molecule has 1 aromatic carbocycles. The number of pyridine rings is 1. The Morgan fingerprint density at radius 1 is 1.33 bits per heavy atom. The summed E-state index contributed by atoms with van der Waals surface area (Å²) in [6, 6.07) is 7.98. The van der Waals surface area contributed by atoms with Crippen LogP contribution in [0.4, 0.5) is 0 Å². The highest BCUT2D eigenvalue weighted by Crippen LogP contribution is 2.21. The quantitative estimate of drug-likeness (QED) is 0.745. The van der Waals surface area contributed by atoms with E-state index in [1.54, 1.807) is 24.3 Å². The van der Waals surface area contributed by atoms with Crippen LogP contribution >= 0.6 is 0 Å². The monoisotopic (exact) mass is 244 g/mol. The zero-order valence-electron chi connectivity index (χ0n) is 9.50. The number of hydrogen-bond donors (Lipinski definition) is 3. The Hall–Kier alpha value is -2.16. The van der Waals surface area contributed by atoms with Crippen molar-refractivity contribution in [1.82, 2.24) is 4.98 Å². The minimum atomic E-state index is -1.14. The van der Waals surface area contributed by atoms with E-state index in [4.69, 9.17) is 5.26 Å². The molecule has 1 aromatic heterocycles. The number of benzene rings is 1. The topological polar surface area (TPSA) is 97.1 Å². The fourth-order valence-electron chi connectivity index (χ4n) is 1.80. The molecule has 1 heterocycles. The lowest BCUT2D eigenvalue weighted by molar-refractivity contribution is 0.0217. The number of aliphatic hydroxyl groups excluding tert-OH is 2. The van der Waals surface area contributed by atoms with E-state index in [9.17, 15) is 15.0 Å². The second-order valence-electron chi connectivity index (χ2n) is 4.02. The normalized spacial score (nSPS) is 14.1. The molecule has 0 aliphatic rings. The van der Waals surface area contributed by atoms with E-state index in [1.165, 1.54) is 12.3 Å². The van der Waals surface area contributed by atoms with Gasteiger partial charge in [-0.25, -0.2) is 0 Å². The van der Waals surface area contributed by atoms with Crippen LogP contribution in [0.2, 0.25) is 0 Å². The van der Waals surface area contributed by atoms with Crippen LogP contribution in [-0.2, 0) is 0 Å². The van der Waals surface area contributed by atoms with Crippen molar-refractivity contribution in [3.05, 3.63) is 46.2 Å². The first-order valence-corrected chi connectivity index (χ1v) is 5.48. The van der Waals surface area contributed by atoms with Crippen molar-refractivity contribution in [3.63, 3.8) is 0 Å². The molecule has 0 bridgehead atoms. The van der Waals surface area contributed by atoms with E-state index < -0.39 is 12.2 Å². The Balaban J connectivity index is 2.42. The molecule has 3 N–H and O–H groups in total. The second kappa shape index (κ2) is 5.00. The molecule has 0 fully saturated rings. The number of nitrogens with one attached hydrogen (secondary N) is 1. The number of aromatic nitrogens is 1. The van der Waals surface area contributed by atoms with Crippen LogP contribution in [0, 0.1) is 11.3 Å². The number of aromatic amines is 1. The molecular weight excluding hydrogens is 232 g/mol. The molecule has 5 nitrogen and oxygen atoms in total. The van der Waals surface area contributed by atoms with E-state index in [1.807, 2.05) is 0 Å². The van der Waals surface area contributed by atoms with Crippen LogP contribution in [0.25, 0.3) is 10.9 Å². The summed E-state index contributed by atoms with van der Waals surface area (Å²) >= 11 is 0. The number of nitrogens with zero attached hydrogens (tertiary/aromatic N) is 1. The maximum atomic E-state index is 11.5. The number of H-pyrrole nitrogens is 1. The highest BCUT2D eigenvalue weighted by atomic mass is 16.3. The molecule has 0 saturated carbocycles.